The van der Waals surface area contributed by atoms with E-state index < -0.39 is 0 Å². The van der Waals surface area contributed by atoms with Crippen LogP contribution in [0.3, 0.4) is 0 Å². The lowest BCUT2D eigenvalue weighted by Gasteiger charge is -2.38. The molecular formula is C23H19BrN2O2. The van der Waals surface area contributed by atoms with E-state index in [1.54, 1.807) is 7.11 Å². The van der Waals surface area contributed by atoms with Crippen molar-refractivity contribution in [3.8, 4) is 11.5 Å². The maximum atomic E-state index is 6.40. The molecular weight excluding hydrogens is 416 g/mol. The summed E-state index contributed by atoms with van der Waals surface area (Å²) in [4.78, 5) is 0. The van der Waals surface area contributed by atoms with Crippen LogP contribution in [0, 0.1) is 0 Å². The Morgan fingerprint density at radius 1 is 1.04 bits per heavy atom. The van der Waals surface area contributed by atoms with Crippen LogP contribution in [0.5, 0.6) is 11.5 Å². The number of ether oxygens (including phenoxy) is 2. The van der Waals surface area contributed by atoms with Crippen molar-refractivity contribution in [1.29, 1.82) is 0 Å². The predicted octanol–water partition coefficient (Wildman–Crippen LogP) is 5.70. The summed E-state index contributed by atoms with van der Waals surface area (Å²) in [5.74, 6) is 1.72. The molecule has 2 aliphatic rings. The molecule has 0 radical (unpaired) electrons. The summed E-state index contributed by atoms with van der Waals surface area (Å²) in [6.07, 6.45) is 0.571. The van der Waals surface area contributed by atoms with Gasteiger partial charge in [-0.2, -0.15) is 5.10 Å². The second-order valence-electron chi connectivity index (χ2n) is 6.91. The summed E-state index contributed by atoms with van der Waals surface area (Å²) in [6.45, 7) is 0. The molecule has 0 N–H and O–H groups in total. The molecule has 4 nitrogen and oxygen atoms in total. The lowest BCUT2D eigenvalue weighted by atomic mass is 9.96. The van der Waals surface area contributed by atoms with Crippen molar-refractivity contribution in [3.63, 3.8) is 0 Å². The SMILES string of the molecule is COc1ccc(C2Oc3ccccc3C3CC(c4ccccc4)=NN32)cc1Br. The van der Waals surface area contributed by atoms with Crippen LogP contribution < -0.4 is 9.47 Å². The number of nitrogens with zero attached hydrogens (tertiary/aromatic N) is 2. The molecule has 2 heterocycles. The monoisotopic (exact) mass is 434 g/mol. The van der Waals surface area contributed by atoms with Crippen LogP contribution in [0.15, 0.2) is 82.4 Å². The van der Waals surface area contributed by atoms with Crippen molar-refractivity contribution in [2.75, 3.05) is 7.11 Å². The molecule has 3 aromatic carbocycles. The lowest BCUT2D eigenvalue weighted by molar-refractivity contribution is -0.0190. The molecule has 140 valence electrons. The molecule has 0 bridgehead atoms. The largest absolute Gasteiger partial charge is 0.496 e. The average molecular weight is 435 g/mol. The number of benzene rings is 3. The number of hydrazone groups is 1. The van der Waals surface area contributed by atoms with Gasteiger partial charge in [0.25, 0.3) is 0 Å². The van der Waals surface area contributed by atoms with Crippen molar-refractivity contribution in [1.82, 2.24) is 5.01 Å². The molecule has 0 fully saturated rings. The molecule has 28 heavy (non-hydrogen) atoms. The number of hydrogen-bond acceptors (Lipinski definition) is 4. The summed E-state index contributed by atoms with van der Waals surface area (Å²) in [7, 11) is 1.67. The summed E-state index contributed by atoms with van der Waals surface area (Å²) >= 11 is 3.59. The van der Waals surface area contributed by atoms with Gasteiger partial charge < -0.3 is 9.47 Å². The first-order valence-electron chi connectivity index (χ1n) is 9.25. The van der Waals surface area contributed by atoms with E-state index in [1.165, 1.54) is 5.56 Å². The highest BCUT2D eigenvalue weighted by atomic mass is 79.9. The molecule has 0 aliphatic carbocycles. The topological polar surface area (TPSA) is 34.1 Å². The van der Waals surface area contributed by atoms with Gasteiger partial charge in [0.05, 0.1) is 23.3 Å². The minimum absolute atomic E-state index is 0.158. The van der Waals surface area contributed by atoms with Crippen LogP contribution in [0.1, 0.15) is 35.4 Å². The minimum atomic E-state index is -0.289. The van der Waals surface area contributed by atoms with Crippen molar-refractivity contribution in [2.45, 2.75) is 18.7 Å². The highest BCUT2D eigenvalue weighted by molar-refractivity contribution is 9.10. The van der Waals surface area contributed by atoms with E-state index in [0.29, 0.717) is 0 Å². The molecule has 0 aromatic heterocycles. The molecule has 0 amide bonds. The van der Waals surface area contributed by atoms with Gasteiger partial charge >= 0.3 is 0 Å². The Morgan fingerprint density at radius 3 is 2.61 bits per heavy atom. The van der Waals surface area contributed by atoms with Gasteiger partial charge in [-0.1, -0.05) is 48.5 Å². The van der Waals surface area contributed by atoms with E-state index in [-0.39, 0.29) is 12.3 Å². The normalized spacial score (nSPS) is 20.1. The summed E-state index contributed by atoms with van der Waals surface area (Å²) in [6, 6.07) is 24.8. The van der Waals surface area contributed by atoms with E-state index in [1.807, 2.05) is 36.4 Å². The molecule has 5 rings (SSSR count). The van der Waals surface area contributed by atoms with Crippen molar-refractivity contribution in [2.24, 2.45) is 5.10 Å². The fourth-order valence-electron chi connectivity index (χ4n) is 3.90. The van der Waals surface area contributed by atoms with Gasteiger partial charge in [0, 0.05) is 17.5 Å². The highest BCUT2D eigenvalue weighted by Crippen LogP contribution is 2.47. The van der Waals surface area contributed by atoms with Crippen LogP contribution in [0.4, 0.5) is 0 Å². The zero-order valence-corrected chi connectivity index (χ0v) is 17.0. The molecule has 0 spiro atoms. The molecule has 0 saturated carbocycles. The smallest absolute Gasteiger partial charge is 0.213 e. The van der Waals surface area contributed by atoms with Crippen LogP contribution >= 0.6 is 15.9 Å². The number of fused-ring (bicyclic) bond motifs is 3. The Balaban J connectivity index is 1.59. The maximum absolute atomic E-state index is 6.40. The molecule has 2 aliphatic heterocycles. The Hall–Kier alpha value is -2.79. The van der Waals surface area contributed by atoms with Gasteiger partial charge in [0.1, 0.15) is 11.5 Å². The fourth-order valence-corrected chi connectivity index (χ4v) is 4.45. The zero-order valence-electron chi connectivity index (χ0n) is 15.4. The number of para-hydroxylation sites is 1. The number of rotatable bonds is 3. The highest BCUT2D eigenvalue weighted by Gasteiger charge is 2.40. The van der Waals surface area contributed by atoms with Crippen LogP contribution in [-0.4, -0.2) is 17.8 Å². The van der Waals surface area contributed by atoms with E-state index in [4.69, 9.17) is 14.6 Å². The van der Waals surface area contributed by atoms with E-state index >= 15 is 0 Å². The third-order valence-corrected chi connectivity index (χ3v) is 5.89. The Bertz CT molecular complexity index is 1050. The van der Waals surface area contributed by atoms with Crippen molar-refractivity contribution in [3.05, 3.63) is 94.0 Å². The second-order valence-corrected chi connectivity index (χ2v) is 7.77. The maximum Gasteiger partial charge on any atom is 0.213 e. The summed E-state index contributed by atoms with van der Waals surface area (Å²) in [5, 5.41) is 7.08. The first-order valence-corrected chi connectivity index (χ1v) is 10.0. The van der Waals surface area contributed by atoms with Gasteiger partial charge in [-0.05, 0) is 45.8 Å². The molecule has 5 heteroatoms. The number of methoxy groups -OCH3 is 1. The van der Waals surface area contributed by atoms with Crippen LogP contribution in [-0.2, 0) is 0 Å². The standard InChI is InChI=1S/C23H19BrN2O2/c1-27-22-12-11-16(13-18(22)24)23-26-20(17-9-5-6-10-21(17)28-23)14-19(25-26)15-7-3-2-4-8-15/h2-13,20,23H,14H2,1H3. The summed E-state index contributed by atoms with van der Waals surface area (Å²) < 4.78 is 12.7. The van der Waals surface area contributed by atoms with Gasteiger partial charge in [0.15, 0.2) is 0 Å². The van der Waals surface area contributed by atoms with Crippen molar-refractivity contribution < 1.29 is 9.47 Å². The van der Waals surface area contributed by atoms with Crippen LogP contribution in [0.2, 0.25) is 0 Å². The molecule has 3 aromatic rings. The quantitative estimate of drug-likeness (QED) is 0.529. The second kappa shape index (κ2) is 6.99. The predicted molar refractivity (Wildman–Crippen MR) is 113 cm³/mol. The van der Waals surface area contributed by atoms with Gasteiger partial charge in [0.2, 0.25) is 6.23 Å². The Kier molecular flexibility index (Phi) is 4.32. The Labute approximate surface area is 172 Å². The summed E-state index contributed by atoms with van der Waals surface area (Å²) in [5.41, 5.74) is 4.46. The van der Waals surface area contributed by atoms with E-state index in [9.17, 15) is 0 Å². The zero-order chi connectivity index (χ0) is 19.1. The van der Waals surface area contributed by atoms with E-state index in [2.05, 4.69) is 57.3 Å². The van der Waals surface area contributed by atoms with Crippen LogP contribution in [0.25, 0.3) is 0 Å². The first-order chi connectivity index (χ1) is 13.7. The van der Waals surface area contributed by atoms with Crippen molar-refractivity contribution >= 4 is 21.6 Å². The van der Waals surface area contributed by atoms with Gasteiger partial charge in [-0.25, -0.2) is 5.01 Å². The average Bonchev–Trinajstić information content (AvgIpc) is 3.19. The lowest BCUT2D eigenvalue weighted by Crippen LogP contribution is -2.33. The molecule has 2 atom stereocenters. The Morgan fingerprint density at radius 2 is 1.82 bits per heavy atom. The van der Waals surface area contributed by atoms with Gasteiger partial charge in [-0.15, -0.1) is 0 Å². The minimum Gasteiger partial charge on any atom is -0.496 e. The third-order valence-electron chi connectivity index (χ3n) is 5.27. The molecule has 0 saturated heterocycles. The first kappa shape index (κ1) is 17.3. The van der Waals surface area contributed by atoms with Gasteiger partial charge in [-0.3, -0.25) is 0 Å². The molecule has 2 unspecified atom stereocenters. The number of halogens is 1. The third kappa shape index (κ3) is 2.87. The number of hydrogen-bond donors (Lipinski definition) is 0. The fraction of sp³-hybridized carbons (Fsp3) is 0.174. The van der Waals surface area contributed by atoms with E-state index in [0.717, 1.165) is 39.2 Å².